The quantitative estimate of drug-likeness (QED) is 0.798. The summed E-state index contributed by atoms with van der Waals surface area (Å²) in [5.41, 5.74) is 7.88. The summed E-state index contributed by atoms with van der Waals surface area (Å²) in [6, 6.07) is 4.05. The van der Waals surface area contributed by atoms with E-state index >= 15 is 0 Å². The molecule has 0 aliphatic heterocycles. The van der Waals surface area contributed by atoms with Crippen LogP contribution in [-0.4, -0.2) is 21.2 Å². The van der Waals surface area contributed by atoms with Crippen molar-refractivity contribution in [3.05, 3.63) is 29.6 Å². The number of aromatic nitrogens is 3. The predicted molar refractivity (Wildman–Crippen MR) is 79.4 cm³/mol. The smallest absolute Gasteiger partial charge is 0.228 e. The zero-order valence-electron chi connectivity index (χ0n) is 11.4. The molecular weight excluding hydrogens is 272 g/mol. The second-order valence-electron chi connectivity index (χ2n) is 5.15. The fourth-order valence-corrected chi connectivity index (χ4v) is 2.64. The van der Waals surface area contributed by atoms with E-state index in [4.69, 9.17) is 10.3 Å². The molecule has 0 aliphatic carbocycles. The van der Waals surface area contributed by atoms with Crippen LogP contribution in [0.25, 0.3) is 21.6 Å². The third-order valence-corrected chi connectivity index (χ3v) is 4.15. The molecule has 3 heterocycles. The average molecular weight is 288 g/mol. The van der Waals surface area contributed by atoms with Gasteiger partial charge in [0.1, 0.15) is 0 Å². The Morgan fingerprint density at radius 2 is 2.25 bits per heavy atom. The molecule has 0 fully saturated rings. The van der Waals surface area contributed by atoms with Crippen LogP contribution in [-0.2, 0) is 6.42 Å². The van der Waals surface area contributed by atoms with Crippen LogP contribution in [0, 0.1) is 5.92 Å². The minimum Gasteiger partial charge on any atom is -0.339 e. The maximum absolute atomic E-state index is 6.02. The van der Waals surface area contributed by atoms with Crippen LogP contribution in [0.2, 0.25) is 0 Å². The van der Waals surface area contributed by atoms with Crippen molar-refractivity contribution in [1.29, 1.82) is 0 Å². The largest absolute Gasteiger partial charge is 0.339 e. The van der Waals surface area contributed by atoms with Gasteiger partial charge in [0.15, 0.2) is 0 Å². The number of rotatable bonds is 4. The van der Waals surface area contributed by atoms with Crippen LogP contribution < -0.4 is 5.73 Å². The van der Waals surface area contributed by atoms with Crippen LogP contribution in [0.3, 0.4) is 0 Å². The Kier molecular flexibility index (Phi) is 3.50. The summed E-state index contributed by atoms with van der Waals surface area (Å²) in [7, 11) is 0. The van der Waals surface area contributed by atoms with E-state index in [1.165, 1.54) is 0 Å². The summed E-state index contributed by atoms with van der Waals surface area (Å²) in [6.45, 7) is 4.16. The van der Waals surface area contributed by atoms with Gasteiger partial charge in [-0.15, -0.1) is 11.3 Å². The molecule has 0 spiro atoms. The second kappa shape index (κ2) is 5.30. The molecule has 3 rings (SSSR count). The van der Waals surface area contributed by atoms with Crippen molar-refractivity contribution < 1.29 is 4.52 Å². The van der Waals surface area contributed by atoms with Crippen molar-refractivity contribution in [3.8, 4) is 11.4 Å². The van der Waals surface area contributed by atoms with Crippen molar-refractivity contribution in [3.63, 3.8) is 0 Å². The Morgan fingerprint density at radius 1 is 1.40 bits per heavy atom. The number of fused-ring (bicyclic) bond motifs is 1. The summed E-state index contributed by atoms with van der Waals surface area (Å²) in [5.74, 6) is 1.53. The highest BCUT2D eigenvalue weighted by molar-refractivity contribution is 7.17. The summed E-state index contributed by atoms with van der Waals surface area (Å²) >= 11 is 1.65. The van der Waals surface area contributed by atoms with Crippen LogP contribution in [0.15, 0.2) is 28.2 Å². The Bertz CT molecular complexity index is 719. The van der Waals surface area contributed by atoms with Gasteiger partial charge in [-0.3, -0.25) is 4.98 Å². The minimum atomic E-state index is 0.0289. The zero-order valence-corrected chi connectivity index (χ0v) is 12.2. The molecule has 0 saturated carbocycles. The van der Waals surface area contributed by atoms with Gasteiger partial charge in [0.05, 0.1) is 10.2 Å². The lowest BCUT2D eigenvalue weighted by molar-refractivity contribution is 0.353. The molecule has 3 aromatic heterocycles. The van der Waals surface area contributed by atoms with Crippen molar-refractivity contribution in [2.24, 2.45) is 11.7 Å². The molecule has 0 bridgehead atoms. The highest BCUT2D eigenvalue weighted by atomic mass is 32.1. The van der Waals surface area contributed by atoms with Crippen LogP contribution in [0.5, 0.6) is 0 Å². The molecule has 0 radical (unpaired) electrons. The maximum atomic E-state index is 6.02. The number of thiophene rings is 1. The van der Waals surface area contributed by atoms with Crippen LogP contribution in [0.4, 0.5) is 0 Å². The molecule has 0 aliphatic rings. The summed E-state index contributed by atoms with van der Waals surface area (Å²) in [5, 5.41) is 6.03. The number of hydrogen-bond donors (Lipinski definition) is 1. The summed E-state index contributed by atoms with van der Waals surface area (Å²) in [4.78, 5) is 8.78. The van der Waals surface area contributed by atoms with Gasteiger partial charge in [-0.25, -0.2) is 0 Å². The first-order valence-corrected chi connectivity index (χ1v) is 7.43. The molecule has 0 saturated heterocycles. The van der Waals surface area contributed by atoms with E-state index in [0.717, 1.165) is 15.8 Å². The molecule has 20 heavy (non-hydrogen) atoms. The zero-order chi connectivity index (χ0) is 14.1. The van der Waals surface area contributed by atoms with E-state index < -0.39 is 0 Å². The van der Waals surface area contributed by atoms with Gasteiger partial charge in [-0.1, -0.05) is 19.0 Å². The van der Waals surface area contributed by atoms with Crippen LogP contribution in [0.1, 0.15) is 19.7 Å². The van der Waals surface area contributed by atoms with Gasteiger partial charge in [0.2, 0.25) is 11.7 Å². The Labute approximate surface area is 120 Å². The van der Waals surface area contributed by atoms with Gasteiger partial charge in [0, 0.05) is 24.2 Å². The highest BCUT2D eigenvalue weighted by Gasteiger charge is 2.15. The lowest BCUT2D eigenvalue weighted by Crippen LogP contribution is -2.28. The van der Waals surface area contributed by atoms with E-state index in [-0.39, 0.29) is 6.04 Å². The van der Waals surface area contributed by atoms with E-state index in [9.17, 15) is 0 Å². The van der Waals surface area contributed by atoms with Gasteiger partial charge < -0.3 is 10.3 Å². The van der Waals surface area contributed by atoms with Gasteiger partial charge >= 0.3 is 0 Å². The molecule has 1 unspecified atom stereocenters. The highest BCUT2D eigenvalue weighted by Crippen LogP contribution is 2.24. The number of nitrogens with zero attached hydrogens (tertiary/aromatic N) is 3. The summed E-state index contributed by atoms with van der Waals surface area (Å²) in [6.07, 6.45) is 2.37. The lowest BCUT2D eigenvalue weighted by atomic mass is 10.0. The first-order chi connectivity index (χ1) is 9.63. The Morgan fingerprint density at radius 3 is 3.05 bits per heavy atom. The van der Waals surface area contributed by atoms with Gasteiger partial charge in [-0.05, 0) is 23.4 Å². The third-order valence-electron chi connectivity index (χ3n) is 3.30. The topological polar surface area (TPSA) is 77.8 Å². The standard InChI is InChI=1S/C14H16N4OS/c1-8(2)10(15)6-13-17-14(18-19-13)9-5-12-11(16-7-9)3-4-20-12/h3-5,7-8,10H,6,15H2,1-2H3. The monoisotopic (exact) mass is 288 g/mol. The Balaban J connectivity index is 1.85. The molecule has 0 aromatic carbocycles. The fraction of sp³-hybridized carbons (Fsp3) is 0.357. The van der Waals surface area contributed by atoms with Crippen molar-refractivity contribution in [2.45, 2.75) is 26.3 Å². The number of hydrogen-bond acceptors (Lipinski definition) is 6. The molecule has 104 valence electrons. The normalized spacial score (nSPS) is 13.2. The minimum absolute atomic E-state index is 0.0289. The molecule has 5 nitrogen and oxygen atoms in total. The lowest BCUT2D eigenvalue weighted by Gasteiger charge is -2.11. The van der Waals surface area contributed by atoms with E-state index in [1.807, 2.05) is 17.5 Å². The maximum Gasteiger partial charge on any atom is 0.228 e. The summed E-state index contributed by atoms with van der Waals surface area (Å²) < 4.78 is 6.39. The first-order valence-electron chi connectivity index (χ1n) is 6.55. The van der Waals surface area contributed by atoms with Crippen molar-refractivity contribution in [2.75, 3.05) is 0 Å². The van der Waals surface area contributed by atoms with Crippen molar-refractivity contribution >= 4 is 21.6 Å². The average Bonchev–Trinajstić information content (AvgIpc) is 3.05. The van der Waals surface area contributed by atoms with Gasteiger partial charge in [-0.2, -0.15) is 4.98 Å². The Hall–Kier alpha value is -1.79. The first kappa shape index (κ1) is 13.2. The second-order valence-corrected chi connectivity index (χ2v) is 6.10. The molecular formula is C14H16N4OS. The van der Waals surface area contributed by atoms with Crippen molar-refractivity contribution in [1.82, 2.24) is 15.1 Å². The predicted octanol–water partition coefficient (Wildman–Crippen LogP) is 2.87. The molecule has 3 aromatic rings. The van der Waals surface area contributed by atoms with Gasteiger partial charge in [0.25, 0.3) is 0 Å². The SMILES string of the molecule is CC(C)C(N)Cc1nc(-c2cnc3ccsc3c2)no1. The molecule has 0 amide bonds. The number of pyridine rings is 1. The van der Waals surface area contributed by atoms with Crippen LogP contribution >= 0.6 is 11.3 Å². The molecule has 1 atom stereocenters. The van der Waals surface area contributed by atoms with E-state index in [1.54, 1.807) is 17.5 Å². The number of nitrogens with two attached hydrogens (primary N) is 1. The van der Waals surface area contributed by atoms with E-state index in [0.29, 0.717) is 24.1 Å². The molecule has 6 heteroatoms. The fourth-order valence-electron chi connectivity index (χ4n) is 1.86. The molecule has 2 N–H and O–H groups in total. The third kappa shape index (κ3) is 2.57. The van der Waals surface area contributed by atoms with E-state index in [2.05, 4.69) is 29.0 Å².